The molecule has 8 heteroatoms. The summed E-state index contributed by atoms with van der Waals surface area (Å²) in [4.78, 5) is 27.2. The van der Waals surface area contributed by atoms with Crippen molar-refractivity contribution < 1.29 is 19.2 Å². The third-order valence-electron chi connectivity index (χ3n) is 4.78. The highest BCUT2D eigenvalue weighted by molar-refractivity contribution is 5.95. The quantitative estimate of drug-likeness (QED) is 0.524. The number of anilines is 1. The fourth-order valence-electron chi connectivity index (χ4n) is 3.32. The van der Waals surface area contributed by atoms with Crippen LogP contribution in [0.1, 0.15) is 24.2 Å². The van der Waals surface area contributed by atoms with E-state index in [2.05, 4.69) is 4.90 Å². The van der Waals surface area contributed by atoms with E-state index in [4.69, 9.17) is 9.47 Å². The molecule has 2 aromatic rings. The van der Waals surface area contributed by atoms with Gasteiger partial charge in [-0.25, -0.2) is 0 Å². The van der Waals surface area contributed by atoms with Crippen LogP contribution in [-0.2, 0) is 0 Å². The molecule has 1 aliphatic rings. The highest BCUT2D eigenvalue weighted by atomic mass is 16.6. The zero-order valence-electron chi connectivity index (χ0n) is 16.7. The topological polar surface area (TPSA) is 85.2 Å². The lowest BCUT2D eigenvalue weighted by Gasteiger charge is -2.36. The lowest BCUT2D eigenvalue weighted by Crippen LogP contribution is -2.48. The molecule has 0 bridgehead atoms. The van der Waals surface area contributed by atoms with Gasteiger partial charge in [-0.1, -0.05) is 0 Å². The van der Waals surface area contributed by atoms with E-state index < -0.39 is 4.92 Å². The first kappa shape index (κ1) is 20.4. The molecule has 2 aromatic carbocycles. The highest BCUT2D eigenvalue weighted by Gasteiger charge is 2.23. The molecule has 0 unspecified atom stereocenters. The third-order valence-corrected chi connectivity index (χ3v) is 4.78. The van der Waals surface area contributed by atoms with E-state index in [1.54, 1.807) is 30.3 Å². The first-order chi connectivity index (χ1) is 14.0. The third kappa shape index (κ3) is 4.77. The van der Waals surface area contributed by atoms with Gasteiger partial charge in [-0.2, -0.15) is 0 Å². The minimum atomic E-state index is -0.409. The van der Waals surface area contributed by atoms with E-state index >= 15 is 0 Å². The summed E-state index contributed by atoms with van der Waals surface area (Å²) >= 11 is 0. The SMILES string of the molecule is CCOc1ccc(C(=O)N2CCN(c3ccc([N+](=O)[O-])cc3)CC2)cc1OCC. The smallest absolute Gasteiger partial charge is 0.269 e. The second-order valence-corrected chi connectivity index (χ2v) is 6.58. The molecule has 1 amide bonds. The average molecular weight is 399 g/mol. The molecular weight excluding hydrogens is 374 g/mol. The maximum atomic E-state index is 12.9. The number of carbonyl (C=O) groups is 1. The van der Waals surface area contributed by atoms with Crippen LogP contribution < -0.4 is 14.4 Å². The van der Waals surface area contributed by atoms with Crippen molar-refractivity contribution in [1.82, 2.24) is 4.90 Å². The van der Waals surface area contributed by atoms with Crippen LogP contribution in [0.25, 0.3) is 0 Å². The number of rotatable bonds is 7. The zero-order chi connectivity index (χ0) is 20.8. The van der Waals surface area contributed by atoms with Crippen molar-refractivity contribution in [2.45, 2.75) is 13.8 Å². The molecule has 8 nitrogen and oxygen atoms in total. The number of nitro benzene ring substituents is 1. The van der Waals surface area contributed by atoms with Crippen molar-refractivity contribution in [1.29, 1.82) is 0 Å². The number of nitro groups is 1. The van der Waals surface area contributed by atoms with Gasteiger partial charge in [-0.3, -0.25) is 14.9 Å². The van der Waals surface area contributed by atoms with Crippen LogP contribution in [-0.4, -0.2) is 55.1 Å². The number of carbonyl (C=O) groups excluding carboxylic acids is 1. The molecule has 1 heterocycles. The van der Waals surface area contributed by atoms with Crippen molar-refractivity contribution in [2.24, 2.45) is 0 Å². The maximum Gasteiger partial charge on any atom is 0.269 e. The Bertz CT molecular complexity index is 861. The number of nitrogens with zero attached hydrogens (tertiary/aromatic N) is 3. The van der Waals surface area contributed by atoms with Gasteiger partial charge < -0.3 is 19.3 Å². The second kappa shape index (κ2) is 9.27. The number of piperazine rings is 1. The molecule has 0 aromatic heterocycles. The van der Waals surface area contributed by atoms with Crippen molar-refractivity contribution in [3.05, 3.63) is 58.1 Å². The molecular formula is C21H25N3O5. The number of amides is 1. The first-order valence-corrected chi connectivity index (χ1v) is 9.71. The number of benzene rings is 2. The lowest BCUT2D eigenvalue weighted by molar-refractivity contribution is -0.384. The van der Waals surface area contributed by atoms with Crippen molar-refractivity contribution >= 4 is 17.3 Å². The molecule has 3 rings (SSSR count). The van der Waals surface area contributed by atoms with Gasteiger partial charge in [0.25, 0.3) is 11.6 Å². The van der Waals surface area contributed by atoms with Crippen molar-refractivity contribution in [3.63, 3.8) is 0 Å². The van der Waals surface area contributed by atoms with E-state index in [0.717, 1.165) is 5.69 Å². The summed E-state index contributed by atoms with van der Waals surface area (Å²) in [5.41, 5.74) is 1.56. The highest BCUT2D eigenvalue weighted by Crippen LogP contribution is 2.29. The number of non-ortho nitro benzene ring substituents is 1. The summed E-state index contributed by atoms with van der Waals surface area (Å²) in [6, 6.07) is 11.8. The largest absolute Gasteiger partial charge is 0.490 e. The van der Waals surface area contributed by atoms with Gasteiger partial charge in [0.05, 0.1) is 18.1 Å². The van der Waals surface area contributed by atoms with E-state index in [1.165, 1.54) is 12.1 Å². The predicted molar refractivity (Wildman–Crippen MR) is 110 cm³/mol. The van der Waals surface area contributed by atoms with Crippen molar-refractivity contribution in [3.8, 4) is 11.5 Å². The van der Waals surface area contributed by atoms with E-state index in [-0.39, 0.29) is 11.6 Å². The van der Waals surface area contributed by atoms with Crippen LogP contribution in [0.3, 0.4) is 0 Å². The average Bonchev–Trinajstić information content (AvgIpc) is 2.75. The van der Waals surface area contributed by atoms with Gasteiger partial charge >= 0.3 is 0 Å². The first-order valence-electron chi connectivity index (χ1n) is 9.71. The normalized spacial score (nSPS) is 13.9. The standard InChI is InChI=1S/C21H25N3O5/c1-3-28-19-10-5-16(15-20(19)29-4-2)21(25)23-13-11-22(12-14-23)17-6-8-18(9-7-17)24(26)27/h5-10,15H,3-4,11-14H2,1-2H3. The molecule has 0 aliphatic carbocycles. The van der Waals surface area contributed by atoms with E-state index in [9.17, 15) is 14.9 Å². The monoisotopic (exact) mass is 399 g/mol. The van der Waals surface area contributed by atoms with Crippen LogP contribution >= 0.6 is 0 Å². The Labute approximate surface area is 169 Å². The molecule has 0 spiro atoms. The minimum Gasteiger partial charge on any atom is -0.490 e. The summed E-state index contributed by atoms with van der Waals surface area (Å²) < 4.78 is 11.2. The zero-order valence-corrected chi connectivity index (χ0v) is 16.7. The summed E-state index contributed by atoms with van der Waals surface area (Å²) in [6.45, 7) is 7.29. The van der Waals surface area contributed by atoms with Crippen molar-refractivity contribution in [2.75, 3.05) is 44.3 Å². The van der Waals surface area contributed by atoms with Gasteiger partial charge in [-0.05, 0) is 44.2 Å². The summed E-state index contributed by atoms with van der Waals surface area (Å²) in [6.07, 6.45) is 0. The molecule has 0 N–H and O–H groups in total. The summed E-state index contributed by atoms with van der Waals surface area (Å²) in [7, 11) is 0. The lowest BCUT2D eigenvalue weighted by atomic mass is 10.1. The maximum absolute atomic E-state index is 12.9. The Kier molecular flexibility index (Phi) is 6.54. The fourth-order valence-corrected chi connectivity index (χ4v) is 3.32. The predicted octanol–water partition coefficient (Wildman–Crippen LogP) is 3.35. The second-order valence-electron chi connectivity index (χ2n) is 6.58. The van der Waals surface area contributed by atoms with E-state index in [0.29, 0.717) is 56.5 Å². The van der Waals surface area contributed by atoms with Gasteiger partial charge in [-0.15, -0.1) is 0 Å². The summed E-state index contributed by atoms with van der Waals surface area (Å²) in [5.74, 6) is 1.16. The van der Waals surface area contributed by atoms with Crippen LogP contribution in [0.2, 0.25) is 0 Å². The van der Waals surface area contributed by atoms with E-state index in [1.807, 2.05) is 18.7 Å². The molecule has 29 heavy (non-hydrogen) atoms. The Morgan fingerprint density at radius 1 is 0.966 bits per heavy atom. The number of hydrogen-bond donors (Lipinski definition) is 0. The molecule has 154 valence electrons. The van der Waals surface area contributed by atoms with Crippen LogP contribution in [0.15, 0.2) is 42.5 Å². The Morgan fingerprint density at radius 3 is 2.17 bits per heavy atom. The number of hydrogen-bond acceptors (Lipinski definition) is 6. The Balaban J connectivity index is 1.65. The Hall–Kier alpha value is -3.29. The van der Waals surface area contributed by atoms with Crippen LogP contribution in [0.4, 0.5) is 11.4 Å². The molecule has 1 fully saturated rings. The molecule has 0 radical (unpaired) electrons. The molecule has 1 saturated heterocycles. The van der Waals surface area contributed by atoms with Gasteiger partial charge in [0, 0.05) is 49.6 Å². The Morgan fingerprint density at radius 2 is 1.59 bits per heavy atom. The van der Waals surface area contributed by atoms with Gasteiger partial charge in [0.2, 0.25) is 0 Å². The minimum absolute atomic E-state index is 0.0441. The van der Waals surface area contributed by atoms with Gasteiger partial charge in [0.1, 0.15) is 0 Å². The van der Waals surface area contributed by atoms with Crippen LogP contribution in [0, 0.1) is 10.1 Å². The molecule has 0 atom stereocenters. The summed E-state index contributed by atoms with van der Waals surface area (Å²) in [5, 5.41) is 10.8. The van der Waals surface area contributed by atoms with Crippen LogP contribution in [0.5, 0.6) is 11.5 Å². The fraction of sp³-hybridized carbons (Fsp3) is 0.381. The molecule has 0 saturated carbocycles. The number of ether oxygens (including phenoxy) is 2. The molecule has 1 aliphatic heterocycles. The van der Waals surface area contributed by atoms with Gasteiger partial charge in [0.15, 0.2) is 11.5 Å².